The van der Waals surface area contributed by atoms with Gasteiger partial charge in [-0.3, -0.25) is 9.89 Å². The predicted molar refractivity (Wildman–Crippen MR) is 112 cm³/mol. The van der Waals surface area contributed by atoms with Gasteiger partial charge in [0.05, 0.1) is 12.2 Å². The van der Waals surface area contributed by atoms with E-state index in [0.717, 1.165) is 41.6 Å². The highest BCUT2D eigenvalue weighted by molar-refractivity contribution is 5.93. The molecule has 5 rings (SSSR count). The van der Waals surface area contributed by atoms with Crippen molar-refractivity contribution in [3.8, 4) is 11.4 Å². The molecule has 0 aliphatic carbocycles. The van der Waals surface area contributed by atoms with E-state index in [1.807, 2.05) is 48.1 Å². The minimum atomic E-state index is -0.0672. The molecule has 0 fully saturated rings. The maximum Gasteiger partial charge on any atom is 0.272 e. The van der Waals surface area contributed by atoms with Crippen molar-refractivity contribution < 1.29 is 9.21 Å². The number of fused-ring (bicyclic) bond motifs is 1. The van der Waals surface area contributed by atoms with Crippen LogP contribution in [0.25, 0.3) is 11.4 Å². The lowest BCUT2D eigenvalue weighted by molar-refractivity contribution is 0.0722. The molecule has 7 nitrogen and oxygen atoms in total. The molecule has 0 spiro atoms. The molecule has 4 aromatic rings. The van der Waals surface area contributed by atoms with E-state index < -0.39 is 0 Å². The molecule has 0 saturated carbocycles. The molecular formula is C23H23N5O2. The van der Waals surface area contributed by atoms with Gasteiger partial charge in [0.2, 0.25) is 0 Å². The second-order valence-electron chi connectivity index (χ2n) is 7.61. The first-order valence-electron chi connectivity index (χ1n) is 10.1. The summed E-state index contributed by atoms with van der Waals surface area (Å²) in [6, 6.07) is 16.1. The average Bonchev–Trinajstić information content (AvgIpc) is 3.51. The number of hydrogen-bond acceptors (Lipinski definition) is 4. The van der Waals surface area contributed by atoms with Crippen molar-refractivity contribution >= 4 is 5.91 Å². The van der Waals surface area contributed by atoms with Crippen LogP contribution < -0.4 is 0 Å². The van der Waals surface area contributed by atoms with Gasteiger partial charge in [-0.2, -0.15) is 5.10 Å². The maximum absolute atomic E-state index is 13.0. The van der Waals surface area contributed by atoms with Crippen LogP contribution in [0.4, 0.5) is 0 Å². The van der Waals surface area contributed by atoms with Crippen LogP contribution >= 0.6 is 0 Å². The summed E-state index contributed by atoms with van der Waals surface area (Å²) in [6.45, 7) is 1.07. The zero-order valence-electron chi connectivity index (χ0n) is 16.8. The van der Waals surface area contributed by atoms with Crippen LogP contribution in [0.1, 0.15) is 33.4 Å². The summed E-state index contributed by atoms with van der Waals surface area (Å²) in [6.07, 6.45) is 4.28. The van der Waals surface area contributed by atoms with Crippen LogP contribution in [0.2, 0.25) is 0 Å². The molecule has 0 saturated heterocycles. The number of hydrogen-bond donors (Lipinski definition) is 1. The van der Waals surface area contributed by atoms with Gasteiger partial charge in [0.25, 0.3) is 5.91 Å². The molecule has 0 atom stereocenters. The van der Waals surface area contributed by atoms with Crippen LogP contribution in [0.15, 0.2) is 59.1 Å². The van der Waals surface area contributed by atoms with Gasteiger partial charge in [-0.1, -0.05) is 30.3 Å². The van der Waals surface area contributed by atoms with Crippen LogP contribution in [-0.2, 0) is 32.9 Å². The Morgan fingerprint density at radius 2 is 2.03 bits per heavy atom. The molecule has 4 heterocycles. The van der Waals surface area contributed by atoms with Crippen molar-refractivity contribution in [2.75, 3.05) is 6.54 Å². The summed E-state index contributed by atoms with van der Waals surface area (Å²) in [5.74, 6) is 1.57. The third kappa shape index (κ3) is 3.54. The predicted octanol–water partition coefficient (Wildman–Crippen LogP) is 3.39. The van der Waals surface area contributed by atoms with Gasteiger partial charge >= 0.3 is 0 Å². The van der Waals surface area contributed by atoms with Crippen molar-refractivity contribution in [2.24, 2.45) is 7.05 Å². The minimum Gasteiger partial charge on any atom is -0.445 e. The average molecular weight is 401 g/mol. The Balaban J connectivity index is 1.26. The lowest BCUT2D eigenvalue weighted by atomic mass is 10.1. The number of carbonyl (C=O) groups is 1. The summed E-state index contributed by atoms with van der Waals surface area (Å²) >= 11 is 0. The van der Waals surface area contributed by atoms with Crippen molar-refractivity contribution in [3.05, 3.63) is 83.3 Å². The number of nitrogens with zero attached hydrogens (tertiary/aromatic N) is 4. The molecule has 1 amide bonds. The summed E-state index contributed by atoms with van der Waals surface area (Å²) in [5.41, 5.74) is 4.33. The van der Waals surface area contributed by atoms with E-state index >= 15 is 0 Å². The first kappa shape index (κ1) is 18.4. The molecule has 7 heteroatoms. The number of nitrogens with one attached hydrogen (secondary N) is 1. The molecule has 1 aliphatic heterocycles. The summed E-state index contributed by atoms with van der Waals surface area (Å²) in [5, 5.41) is 7.20. The second-order valence-corrected chi connectivity index (χ2v) is 7.61. The number of benzene rings is 1. The number of aromatic amines is 1. The fraction of sp³-hybridized carbons (Fsp3) is 0.261. The first-order valence-corrected chi connectivity index (χ1v) is 10.1. The molecule has 3 aromatic heterocycles. The Hall–Kier alpha value is -3.61. The highest BCUT2D eigenvalue weighted by atomic mass is 16.4. The van der Waals surface area contributed by atoms with Crippen molar-refractivity contribution in [1.29, 1.82) is 0 Å². The fourth-order valence-corrected chi connectivity index (χ4v) is 3.89. The monoisotopic (exact) mass is 401 g/mol. The number of aryl methyl sites for hydroxylation is 3. The maximum atomic E-state index is 13.0. The van der Waals surface area contributed by atoms with E-state index in [1.165, 1.54) is 5.56 Å². The van der Waals surface area contributed by atoms with E-state index in [-0.39, 0.29) is 5.91 Å². The van der Waals surface area contributed by atoms with Crippen molar-refractivity contribution in [3.63, 3.8) is 0 Å². The second kappa shape index (κ2) is 7.67. The van der Waals surface area contributed by atoms with Gasteiger partial charge < -0.3 is 13.9 Å². The van der Waals surface area contributed by atoms with Gasteiger partial charge in [-0.25, -0.2) is 4.98 Å². The number of oxazole rings is 1. The van der Waals surface area contributed by atoms with Crippen LogP contribution in [0, 0.1) is 0 Å². The van der Waals surface area contributed by atoms with E-state index in [4.69, 9.17) is 4.42 Å². The number of rotatable bonds is 5. The van der Waals surface area contributed by atoms with Gasteiger partial charge in [-0.15, -0.1) is 0 Å². The zero-order chi connectivity index (χ0) is 20.5. The number of amides is 1. The molecule has 1 N–H and O–H groups in total. The van der Waals surface area contributed by atoms with E-state index in [1.54, 1.807) is 11.0 Å². The van der Waals surface area contributed by atoms with E-state index in [0.29, 0.717) is 25.2 Å². The van der Waals surface area contributed by atoms with Crippen molar-refractivity contribution in [1.82, 2.24) is 24.6 Å². The van der Waals surface area contributed by atoms with Gasteiger partial charge in [0.1, 0.15) is 22.8 Å². The Kier molecular flexibility index (Phi) is 4.71. The lowest BCUT2D eigenvalue weighted by Crippen LogP contribution is -2.36. The molecule has 30 heavy (non-hydrogen) atoms. The number of aromatic nitrogens is 4. The minimum absolute atomic E-state index is 0.0672. The van der Waals surface area contributed by atoms with E-state index in [2.05, 4.69) is 27.3 Å². The Bertz CT molecular complexity index is 1170. The van der Waals surface area contributed by atoms with E-state index in [9.17, 15) is 4.79 Å². The largest absolute Gasteiger partial charge is 0.445 e. The Morgan fingerprint density at radius 1 is 1.17 bits per heavy atom. The zero-order valence-corrected chi connectivity index (χ0v) is 16.8. The quantitative estimate of drug-likeness (QED) is 0.556. The molecule has 1 aliphatic rings. The highest BCUT2D eigenvalue weighted by Crippen LogP contribution is 2.23. The van der Waals surface area contributed by atoms with Gasteiger partial charge in [-0.05, 0) is 30.2 Å². The highest BCUT2D eigenvalue weighted by Gasteiger charge is 2.27. The molecule has 0 unspecified atom stereocenters. The Labute approximate surface area is 174 Å². The third-order valence-corrected chi connectivity index (χ3v) is 5.54. The molecule has 152 valence electrons. The Morgan fingerprint density at radius 3 is 2.83 bits per heavy atom. The summed E-state index contributed by atoms with van der Waals surface area (Å²) < 4.78 is 7.93. The molecule has 0 bridgehead atoms. The lowest BCUT2D eigenvalue weighted by Gasteiger charge is -2.24. The number of carbonyl (C=O) groups excluding carboxylic acids is 1. The molecule has 0 radical (unpaired) electrons. The number of H-pyrrole nitrogens is 1. The third-order valence-electron chi connectivity index (χ3n) is 5.54. The summed E-state index contributed by atoms with van der Waals surface area (Å²) in [4.78, 5) is 19.4. The fourth-order valence-electron chi connectivity index (χ4n) is 3.89. The summed E-state index contributed by atoms with van der Waals surface area (Å²) in [7, 11) is 1.96. The SMILES string of the molecule is Cn1cccc1-c1cc(C(=O)N2CCc3oc(CCc4ccccc4)nc3C2)[nH]n1. The molecular weight excluding hydrogens is 378 g/mol. The van der Waals surface area contributed by atoms with Gasteiger partial charge in [0, 0.05) is 32.6 Å². The normalized spacial score (nSPS) is 13.4. The molecule has 1 aromatic carbocycles. The first-order chi connectivity index (χ1) is 14.7. The standard InChI is InChI=1S/C23H23N5O2/c1-27-12-5-8-20(27)17-14-18(26-25-17)23(29)28-13-11-21-19(15-28)24-22(30-21)10-9-16-6-3-2-4-7-16/h2-8,12,14H,9-11,13,15H2,1H3,(H,25,26). The van der Waals surface area contributed by atoms with Crippen LogP contribution in [-0.4, -0.2) is 37.1 Å². The van der Waals surface area contributed by atoms with Crippen LogP contribution in [0.5, 0.6) is 0 Å². The van der Waals surface area contributed by atoms with Crippen LogP contribution in [0.3, 0.4) is 0 Å². The smallest absolute Gasteiger partial charge is 0.272 e. The van der Waals surface area contributed by atoms with Gasteiger partial charge in [0.15, 0.2) is 5.89 Å². The topological polar surface area (TPSA) is 80.0 Å². The van der Waals surface area contributed by atoms with Crippen molar-refractivity contribution in [2.45, 2.75) is 25.8 Å².